The summed E-state index contributed by atoms with van der Waals surface area (Å²) in [6.07, 6.45) is -1.59. The van der Waals surface area contributed by atoms with Crippen LogP contribution in [-0.4, -0.2) is 46.5 Å². The van der Waals surface area contributed by atoms with E-state index < -0.39 is 23.8 Å². The second kappa shape index (κ2) is 11.1. The van der Waals surface area contributed by atoms with Crippen molar-refractivity contribution >= 4 is 11.8 Å². The first-order valence-corrected chi connectivity index (χ1v) is 12.1. The van der Waals surface area contributed by atoms with Crippen LogP contribution < -0.4 is 5.32 Å². The van der Waals surface area contributed by atoms with Crippen LogP contribution in [0, 0.1) is 6.92 Å². The highest BCUT2D eigenvalue weighted by Crippen LogP contribution is 2.29. The van der Waals surface area contributed by atoms with Crippen molar-refractivity contribution in [2.45, 2.75) is 38.4 Å². The molecule has 37 heavy (non-hydrogen) atoms. The Morgan fingerprint density at radius 3 is 2.27 bits per heavy atom. The Morgan fingerprint density at radius 2 is 1.68 bits per heavy atom. The number of carbonyl (C=O) groups excluding carboxylic acids is 2. The number of aliphatic hydroxyl groups excluding tert-OH is 1. The van der Waals surface area contributed by atoms with E-state index in [0.717, 1.165) is 36.2 Å². The number of rotatable bonds is 7. The zero-order valence-corrected chi connectivity index (χ0v) is 20.4. The van der Waals surface area contributed by atoms with Crippen molar-refractivity contribution in [3.8, 4) is 11.1 Å². The van der Waals surface area contributed by atoms with Gasteiger partial charge in [-0.3, -0.25) is 14.6 Å². The van der Waals surface area contributed by atoms with E-state index in [4.69, 9.17) is 0 Å². The van der Waals surface area contributed by atoms with Gasteiger partial charge in [-0.05, 0) is 67.1 Å². The molecule has 9 heteroatoms. The van der Waals surface area contributed by atoms with Crippen LogP contribution in [0.25, 0.3) is 11.1 Å². The molecule has 0 spiro atoms. The first-order valence-electron chi connectivity index (χ1n) is 12.1. The molecule has 3 aromatic rings. The van der Waals surface area contributed by atoms with Gasteiger partial charge in [0.25, 0.3) is 11.8 Å². The molecule has 1 aromatic heterocycles. The Hall–Kier alpha value is -3.72. The average molecular weight is 512 g/mol. The van der Waals surface area contributed by atoms with Crippen molar-refractivity contribution in [1.29, 1.82) is 0 Å². The standard InChI is InChI=1S/C28H28F3N3O3/c1-18-4-6-19(7-5-18)21-14-22(16-23(15-21)27(37)34-11-2-3-12-34)26(36)33-24(10-13-35)20-8-9-25(32-17-20)28(29,30)31/h4-9,14-17,24,35H,2-3,10-13H2,1H3,(H,33,36). The topological polar surface area (TPSA) is 82.5 Å². The van der Waals surface area contributed by atoms with E-state index in [1.807, 2.05) is 31.2 Å². The number of nitrogens with zero attached hydrogens (tertiary/aromatic N) is 2. The molecule has 2 amide bonds. The molecule has 2 N–H and O–H groups in total. The monoisotopic (exact) mass is 511 g/mol. The fourth-order valence-corrected chi connectivity index (χ4v) is 4.37. The maximum atomic E-state index is 13.3. The van der Waals surface area contributed by atoms with Gasteiger partial charge in [0.2, 0.25) is 0 Å². The van der Waals surface area contributed by atoms with Crippen molar-refractivity contribution in [3.63, 3.8) is 0 Å². The van der Waals surface area contributed by atoms with E-state index >= 15 is 0 Å². The van der Waals surface area contributed by atoms with Gasteiger partial charge in [0.1, 0.15) is 5.69 Å². The Balaban J connectivity index is 1.66. The van der Waals surface area contributed by atoms with Gasteiger partial charge in [-0.25, -0.2) is 0 Å². The second-order valence-electron chi connectivity index (χ2n) is 9.18. The summed E-state index contributed by atoms with van der Waals surface area (Å²) in [5.74, 6) is -0.665. The van der Waals surface area contributed by atoms with Gasteiger partial charge in [-0.2, -0.15) is 13.2 Å². The van der Waals surface area contributed by atoms with Gasteiger partial charge in [-0.15, -0.1) is 0 Å². The molecular formula is C28H28F3N3O3. The number of aliphatic hydroxyl groups is 1. The summed E-state index contributed by atoms with van der Waals surface area (Å²) in [5.41, 5.74) is 2.53. The van der Waals surface area contributed by atoms with Crippen molar-refractivity contribution < 1.29 is 27.9 Å². The van der Waals surface area contributed by atoms with E-state index in [2.05, 4.69) is 10.3 Å². The molecule has 1 unspecified atom stereocenters. The summed E-state index contributed by atoms with van der Waals surface area (Å²) in [5, 5.41) is 12.3. The van der Waals surface area contributed by atoms with Gasteiger partial charge in [-0.1, -0.05) is 35.9 Å². The molecule has 4 rings (SSSR count). The van der Waals surface area contributed by atoms with Crippen LogP contribution in [0.3, 0.4) is 0 Å². The highest BCUT2D eigenvalue weighted by molar-refractivity contribution is 6.01. The zero-order valence-electron chi connectivity index (χ0n) is 20.4. The number of pyridine rings is 1. The van der Waals surface area contributed by atoms with Gasteiger partial charge < -0.3 is 15.3 Å². The number of hydrogen-bond acceptors (Lipinski definition) is 4. The number of amides is 2. The highest BCUT2D eigenvalue weighted by atomic mass is 19.4. The summed E-state index contributed by atoms with van der Waals surface area (Å²) in [6, 6.07) is 14.0. The van der Waals surface area contributed by atoms with Crippen molar-refractivity contribution in [2.24, 2.45) is 0 Å². The Morgan fingerprint density at radius 1 is 1.00 bits per heavy atom. The third-order valence-corrected chi connectivity index (χ3v) is 6.42. The lowest BCUT2D eigenvalue weighted by Gasteiger charge is -2.20. The van der Waals surface area contributed by atoms with Gasteiger partial charge >= 0.3 is 6.18 Å². The lowest BCUT2D eigenvalue weighted by atomic mass is 9.97. The minimum Gasteiger partial charge on any atom is -0.396 e. The van der Waals surface area contributed by atoms with Crippen molar-refractivity contribution in [1.82, 2.24) is 15.2 Å². The number of benzene rings is 2. The van der Waals surface area contributed by atoms with Gasteiger partial charge in [0, 0.05) is 37.0 Å². The first kappa shape index (κ1) is 26.3. The van der Waals surface area contributed by atoms with E-state index in [9.17, 15) is 27.9 Å². The minimum absolute atomic E-state index is 0.0794. The molecule has 0 saturated carbocycles. The first-order chi connectivity index (χ1) is 17.7. The predicted octanol–water partition coefficient (Wildman–Crippen LogP) is 5.17. The molecule has 1 saturated heterocycles. The number of halogens is 3. The predicted molar refractivity (Wildman–Crippen MR) is 133 cm³/mol. The smallest absolute Gasteiger partial charge is 0.396 e. The summed E-state index contributed by atoms with van der Waals surface area (Å²) in [7, 11) is 0. The van der Waals surface area contributed by atoms with E-state index in [1.54, 1.807) is 17.0 Å². The normalized spacial score (nSPS) is 14.5. The van der Waals surface area contributed by atoms with Crippen LogP contribution in [0.15, 0.2) is 60.8 Å². The van der Waals surface area contributed by atoms with E-state index in [1.165, 1.54) is 12.1 Å². The van der Waals surface area contributed by atoms with Crippen LogP contribution >= 0.6 is 0 Å². The third kappa shape index (κ3) is 6.35. The molecule has 1 atom stereocenters. The largest absolute Gasteiger partial charge is 0.433 e. The van der Waals surface area contributed by atoms with Crippen LogP contribution in [-0.2, 0) is 6.18 Å². The Bertz CT molecular complexity index is 1250. The number of alkyl halides is 3. The average Bonchev–Trinajstić information content (AvgIpc) is 3.43. The molecule has 1 aliphatic heterocycles. The second-order valence-corrected chi connectivity index (χ2v) is 9.18. The molecule has 1 aliphatic rings. The molecule has 1 fully saturated rings. The lowest BCUT2D eigenvalue weighted by molar-refractivity contribution is -0.141. The summed E-state index contributed by atoms with van der Waals surface area (Å²) < 4.78 is 38.7. The minimum atomic E-state index is -4.58. The maximum absolute atomic E-state index is 13.3. The van der Waals surface area contributed by atoms with Crippen LogP contribution in [0.5, 0.6) is 0 Å². The molecule has 0 bridgehead atoms. The molecular weight excluding hydrogens is 483 g/mol. The SMILES string of the molecule is Cc1ccc(-c2cc(C(=O)NC(CCO)c3ccc(C(F)(F)F)nc3)cc(C(=O)N3CCCC3)c2)cc1. The molecule has 2 heterocycles. The van der Waals surface area contributed by atoms with E-state index in [-0.39, 0.29) is 24.5 Å². The number of aryl methyl sites for hydroxylation is 1. The summed E-state index contributed by atoms with van der Waals surface area (Å²) >= 11 is 0. The maximum Gasteiger partial charge on any atom is 0.433 e. The fourth-order valence-electron chi connectivity index (χ4n) is 4.37. The number of carbonyl (C=O) groups is 2. The number of aromatic nitrogens is 1. The molecule has 0 radical (unpaired) electrons. The van der Waals surface area contributed by atoms with Crippen LogP contribution in [0.1, 0.15) is 62.8 Å². The molecule has 2 aromatic carbocycles. The summed E-state index contributed by atoms with van der Waals surface area (Å²) in [4.78, 5) is 31.8. The molecule has 6 nitrogen and oxygen atoms in total. The number of nitrogens with one attached hydrogen (secondary N) is 1. The van der Waals surface area contributed by atoms with Crippen molar-refractivity contribution in [2.75, 3.05) is 19.7 Å². The third-order valence-electron chi connectivity index (χ3n) is 6.42. The lowest BCUT2D eigenvalue weighted by Crippen LogP contribution is -2.31. The summed E-state index contributed by atoms with van der Waals surface area (Å²) in [6.45, 7) is 2.99. The van der Waals surface area contributed by atoms with Crippen molar-refractivity contribution in [3.05, 3.63) is 88.7 Å². The quantitative estimate of drug-likeness (QED) is 0.459. The van der Waals surface area contributed by atoms with Gasteiger partial charge in [0.15, 0.2) is 0 Å². The Labute approximate surface area is 213 Å². The van der Waals surface area contributed by atoms with Crippen LogP contribution in [0.2, 0.25) is 0 Å². The highest BCUT2D eigenvalue weighted by Gasteiger charge is 2.32. The fraction of sp³-hybridized carbons (Fsp3) is 0.321. The number of likely N-dealkylation sites (tertiary alicyclic amines) is 1. The number of hydrogen-bond donors (Lipinski definition) is 2. The van der Waals surface area contributed by atoms with E-state index in [0.29, 0.717) is 29.8 Å². The Kier molecular flexibility index (Phi) is 7.92. The van der Waals surface area contributed by atoms with Gasteiger partial charge in [0.05, 0.1) is 6.04 Å². The zero-order chi connectivity index (χ0) is 26.6. The molecule has 194 valence electrons. The molecule has 0 aliphatic carbocycles. The van der Waals surface area contributed by atoms with Crippen LogP contribution in [0.4, 0.5) is 13.2 Å².